The maximum absolute atomic E-state index is 12.2. The van der Waals surface area contributed by atoms with Gasteiger partial charge in [-0.1, -0.05) is 35.3 Å². The fourth-order valence-corrected chi connectivity index (χ4v) is 2.54. The summed E-state index contributed by atoms with van der Waals surface area (Å²) in [5.74, 6) is 1.14. The Kier molecular flexibility index (Phi) is 4.41. The van der Waals surface area contributed by atoms with E-state index in [0.717, 1.165) is 11.3 Å². The number of amides is 1. The van der Waals surface area contributed by atoms with Gasteiger partial charge in [0.15, 0.2) is 11.5 Å². The standard InChI is InChI=1S/C16H13Cl2NO3/c17-12-3-1-2-11(15(12)18)16(20)19-9-10-4-5-13-14(8-10)22-7-6-21-13/h1-5,8H,6-7,9H2,(H,19,20). The molecule has 1 N–H and O–H groups in total. The van der Waals surface area contributed by atoms with Crippen LogP contribution in [0.15, 0.2) is 36.4 Å². The molecule has 0 bridgehead atoms. The van der Waals surface area contributed by atoms with Crippen LogP contribution in [-0.2, 0) is 6.54 Å². The van der Waals surface area contributed by atoms with Crippen LogP contribution in [0.5, 0.6) is 11.5 Å². The smallest absolute Gasteiger partial charge is 0.253 e. The second kappa shape index (κ2) is 6.46. The Morgan fingerprint density at radius 1 is 1.09 bits per heavy atom. The summed E-state index contributed by atoms with van der Waals surface area (Å²) in [5, 5.41) is 3.42. The molecule has 2 aromatic rings. The quantitative estimate of drug-likeness (QED) is 0.928. The molecular formula is C16H13Cl2NO3. The summed E-state index contributed by atoms with van der Waals surface area (Å²) in [6.45, 7) is 1.44. The van der Waals surface area contributed by atoms with Crippen LogP contribution in [0.3, 0.4) is 0 Å². The lowest BCUT2D eigenvalue weighted by Crippen LogP contribution is -2.23. The minimum atomic E-state index is -0.276. The van der Waals surface area contributed by atoms with E-state index in [9.17, 15) is 4.79 Å². The number of nitrogens with one attached hydrogen (secondary N) is 1. The molecule has 0 saturated heterocycles. The first-order valence-corrected chi connectivity index (χ1v) is 7.51. The second-order valence-corrected chi connectivity index (χ2v) is 5.55. The molecule has 0 spiro atoms. The first-order valence-electron chi connectivity index (χ1n) is 6.76. The van der Waals surface area contributed by atoms with Gasteiger partial charge in [-0.3, -0.25) is 4.79 Å². The number of benzene rings is 2. The third kappa shape index (κ3) is 3.13. The number of halogens is 2. The monoisotopic (exact) mass is 337 g/mol. The first kappa shape index (κ1) is 15.0. The highest BCUT2D eigenvalue weighted by atomic mass is 35.5. The maximum atomic E-state index is 12.2. The molecule has 1 heterocycles. The van der Waals surface area contributed by atoms with Crippen LogP contribution >= 0.6 is 23.2 Å². The zero-order valence-electron chi connectivity index (χ0n) is 11.6. The van der Waals surface area contributed by atoms with Crippen molar-refractivity contribution in [3.05, 3.63) is 57.6 Å². The Bertz CT molecular complexity index is 719. The van der Waals surface area contributed by atoms with E-state index in [-0.39, 0.29) is 10.9 Å². The Labute approximate surface area is 137 Å². The van der Waals surface area contributed by atoms with Crippen molar-refractivity contribution < 1.29 is 14.3 Å². The molecule has 1 amide bonds. The number of hydrogen-bond acceptors (Lipinski definition) is 3. The molecule has 0 aliphatic carbocycles. The third-order valence-corrected chi connectivity index (χ3v) is 4.07. The summed E-state index contributed by atoms with van der Waals surface area (Å²) in [6.07, 6.45) is 0. The van der Waals surface area contributed by atoms with Gasteiger partial charge >= 0.3 is 0 Å². The van der Waals surface area contributed by atoms with Gasteiger partial charge in [-0.2, -0.15) is 0 Å². The van der Waals surface area contributed by atoms with Crippen molar-refractivity contribution in [3.8, 4) is 11.5 Å². The van der Waals surface area contributed by atoms with Crippen LogP contribution in [0.1, 0.15) is 15.9 Å². The molecule has 3 rings (SSSR count). The summed E-state index contributed by atoms with van der Waals surface area (Å²) >= 11 is 11.9. The van der Waals surface area contributed by atoms with E-state index in [1.54, 1.807) is 18.2 Å². The van der Waals surface area contributed by atoms with Crippen LogP contribution in [0, 0.1) is 0 Å². The van der Waals surface area contributed by atoms with E-state index in [1.165, 1.54) is 0 Å². The van der Waals surface area contributed by atoms with E-state index < -0.39 is 0 Å². The molecule has 22 heavy (non-hydrogen) atoms. The molecule has 1 aliphatic heterocycles. The number of fused-ring (bicyclic) bond motifs is 1. The predicted molar refractivity (Wildman–Crippen MR) is 85.1 cm³/mol. The molecule has 0 unspecified atom stereocenters. The van der Waals surface area contributed by atoms with Gasteiger partial charge in [-0.15, -0.1) is 0 Å². The molecule has 114 valence electrons. The first-order chi connectivity index (χ1) is 10.6. The van der Waals surface area contributed by atoms with E-state index in [1.807, 2.05) is 18.2 Å². The molecule has 0 saturated carbocycles. The van der Waals surface area contributed by atoms with Crippen molar-refractivity contribution >= 4 is 29.1 Å². The van der Waals surface area contributed by atoms with Gasteiger partial charge < -0.3 is 14.8 Å². The lowest BCUT2D eigenvalue weighted by molar-refractivity contribution is 0.0951. The van der Waals surface area contributed by atoms with Gasteiger partial charge in [0.2, 0.25) is 0 Å². The average Bonchev–Trinajstić information content (AvgIpc) is 2.55. The van der Waals surface area contributed by atoms with Gasteiger partial charge in [0.05, 0.1) is 15.6 Å². The molecular weight excluding hydrogens is 325 g/mol. The minimum absolute atomic E-state index is 0.254. The number of ether oxygens (including phenoxy) is 2. The number of carbonyl (C=O) groups excluding carboxylic acids is 1. The van der Waals surface area contributed by atoms with Crippen LogP contribution < -0.4 is 14.8 Å². The zero-order valence-corrected chi connectivity index (χ0v) is 13.1. The Morgan fingerprint density at radius 3 is 2.68 bits per heavy atom. The Morgan fingerprint density at radius 2 is 1.86 bits per heavy atom. The van der Waals surface area contributed by atoms with Crippen LogP contribution in [0.2, 0.25) is 10.0 Å². The molecule has 6 heteroatoms. The highest BCUT2D eigenvalue weighted by Gasteiger charge is 2.14. The fraction of sp³-hybridized carbons (Fsp3) is 0.188. The van der Waals surface area contributed by atoms with Crippen molar-refractivity contribution in [1.29, 1.82) is 0 Å². The van der Waals surface area contributed by atoms with Gasteiger partial charge in [0.25, 0.3) is 5.91 Å². The number of hydrogen-bond donors (Lipinski definition) is 1. The molecule has 0 atom stereocenters. The van der Waals surface area contributed by atoms with Gasteiger partial charge in [-0.25, -0.2) is 0 Å². The average molecular weight is 338 g/mol. The Hall–Kier alpha value is -1.91. The zero-order chi connectivity index (χ0) is 15.5. The van der Waals surface area contributed by atoms with Crippen LogP contribution in [0.25, 0.3) is 0 Å². The summed E-state index contributed by atoms with van der Waals surface area (Å²) in [5.41, 5.74) is 1.27. The summed E-state index contributed by atoms with van der Waals surface area (Å²) in [6, 6.07) is 10.5. The molecule has 0 radical (unpaired) electrons. The van der Waals surface area contributed by atoms with Gasteiger partial charge in [-0.05, 0) is 29.8 Å². The van der Waals surface area contributed by atoms with Gasteiger partial charge in [0.1, 0.15) is 13.2 Å². The van der Waals surface area contributed by atoms with E-state index in [0.29, 0.717) is 36.1 Å². The van der Waals surface area contributed by atoms with Crippen molar-refractivity contribution in [3.63, 3.8) is 0 Å². The summed E-state index contributed by atoms with van der Waals surface area (Å²) < 4.78 is 11.0. The minimum Gasteiger partial charge on any atom is -0.486 e. The summed E-state index contributed by atoms with van der Waals surface area (Å²) in [7, 11) is 0. The highest BCUT2D eigenvalue weighted by Crippen LogP contribution is 2.31. The van der Waals surface area contributed by atoms with Crippen molar-refractivity contribution in [2.24, 2.45) is 0 Å². The molecule has 2 aromatic carbocycles. The molecule has 4 nitrogen and oxygen atoms in total. The van der Waals surface area contributed by atoms with E-state index >= 15 is 0 Å². The van der Waals surface area contributed by atoms with Gasteiger partial charge in [0, 0.05) is 6.54 Å². The lowest BCUT2D eigenvalue weighted by atomic mass is 10.1. The maximum Gasteiger partial charge on any atom is 0.253 e. The SMILES string of the molecule is O=C(NCc1ccc2c(c1)OCCO2)c1cccc(Cl)c1Cl. The third-order valence-electron chi connectivity index (χ3n) is 3.26. The largest absolute Gasteiger partial charge is 0.486 e. The van der Waals surface area contributed by atoms with Crippen LogP contribution in [0.4, 0.5) is 0 Å². The molecule has 0 fully saturated rings. The van der Waals surface area contributed by atoms with E-state index in [4.69, 9.17) is 32.7 Å². The highest BCUT2D eigenvalue weighted by molar-refractivity contribution is 6.43. The fourth-order valence-electron chi connectivity index (χ4n) is 2.15. The van der Waals surface area contributed by atoms with Crippen molar-refractivity contribution in [2.45, 2.75) is 6.54 Å². The molecule has 1 aliphatic rings. The predicted octanol–water partition coefficient (Wildman–Crippen LogP) is 3.69. The number of carbonyl (C=O) groups is 1. The van der Waals surface area contributed by atoms with E-state index in [2.05, 4.69) is 5.32 Å². The summed E-state index contributed by atoms with van der Waals surface area (Å²) in [4.78, 5) is 12.2. The molecule has 0 aromatic heterocycles. The second-order valence-electron chi connectivity index (χ2n) is 4.76. The van der Waals surface area contributed by atoms with Crippen molar-refractivity contribution in [2.75, 3.05) is 13.2 Å². The lowest BCUT2D eigenvalue weighted by Gasteiger charge is -2.19. The normalized spacial score (nSPS) is 12.8. The van der Waals surface area contributed by atoms with Crippen LogP contribution in [-0.4, -0.2) is 19.1 Å². The topological polar surface area (TPSA) is 47.6 Å². The Balaban J connectivity index is 1.69. The van der Waals surface area contributed by atoms with Crippen molar-refractivity contribution in [1.82, 2.24) is 5.32 Å². The number of rotatable bonds is 3.